The highest BCUT2D eigenvalue weighted by molar-refractivity contribution is 7.80. The Balaban J connectivity index is 1.53. The van der Waals surface area contributed by atoms with Crippen LogP contribution in [0.2, 0.25) is 0 Å². The monoisotopic (exact) mass is 428 g/mol. The van der Waals surface area contributed by atoms with Crippen LogP contribution in [0.5, 0.6) is 0 Å². The van der Waals surface area contributed by atoms with Crippen molar-refractivity contribution in [1.82, 2.24) is 5.32 Å². The average molecular weight is 429 g/mol. The summed E-state index contributed by atoms with van der Waals surface area (Å²) in [5, 5.41) is 6.80. The number of anilines is 1. The molecule has 0 saturated heterocycles. The SMILES string of the molecule is Cc1ccc(-c2cc3ccccc3oc2=O)cc1NC(=S)NC(=O)Cc1ccccc1. The van der Waals surface area contributed by atoms with Crippen LogP contribution in [0.15, 0.2) is 88.1 Å². The van der Waals surface area contributed by atoms with E-state index < -0.39 is 5.63 Å². The maximum absolute atomic E-state index is 12.5. The molecular weight excluding hydrogens is 408 g/mol. The number of benzene rings is 3. The van der Waals surface area contributed by atoms with Gasteiger partial charge in [0.15, 0.2) is 5.11 Å². The summed E-state index contributed by atoms with van der Waals surface area (Å²) in [6.45, 7) is 1.92. The molecule has 0 bridgehead atoms. The van der Waals surface area contributed by atoms with Crippen LogP contribution in [-0.2, 0) is 11.2 Å². The first-order chi connectivity index (χ1) is 15.0. The number of carbonyl (C=O) groups excluding carboxylic acids is 1. The highest BCUT2D eigenvalue weighted by Crippen LogP contribution is 2.25. The summed E-state index contributed by atoms with van der Waals surface area (Å²) < 4.78 is 5.45. The van der Waals surface area contributed by atoms with Crippen LogP contribution in [0.25, 0.3) is 22.1 Å². The van der Waals surface area contributed by atoms with E-state index in [9.17, 15) is 9.59 Å². The molecule has 0 aliphatic rings. The van der Waals surface area contributed by atoms with Gasteiger partial charge in [-0.25, -0.2) is 4.79 Å². The summed E-state index contributed by atoms with van der Waals surface area (Å²) in [5.41, 5.74) is 3.83. The lowest BCUT2D eigenvalue weighted by Gasteiger charge is -2.13. The van der Waals surface area contributed by atoms with Gasteiger partial charge in [-0.2, -0.15) is 0 Å². The number of fused-ring (bicyclic) bond motifs is 1. The van der Waals surface area contributed by atoms with Crippen molar-refractivity contribution in [1.29, 1.82) is 0 Å². The Kier molecular flexibility index (Phi) is 5.91. The van der Waals surface area contributed by atoms with Crippen molar-refractivity contribution in [2.24, 2.45) is 0 Å². The second kappa shape index (κ2) is 8.93. The third-order valence-corrected chi connectivity index (χ3v) is 5.10. The maximum atomic E-state index is 12.5. The number of amides is 1. The average Bonchev–Trinajstić information content (AvgIpc) is 2.75. The zero-order chi connectivity index (χ0) is 21.8. The van der Waals surface area contributed by atoms with Crippen molar-refractivity contribution in [3.8, 4) is 11.1 Å². The van der Waals surface area contributed by atoms with Crippen LogP contribution in [0, 0.1) is 6.92 Å². The molecule has 0 radical (unpaired) electrons. The summed E-state index contributed by atoms with van der Waals surface area (Å²) in [5.74, 6) is -0.201. The van der Waals surface area contributed by atoms with Crippen molar-refractivity contribution >= 4 is 39.9 Å². The lowest BCUT2D eigenvalue weighted by molar-refractivity contribution is -0.119. The molecule has 0 atom stereocenters. The van der Waals surface area contributed by atoms with Gasteiger partial charge in [0.25, 0.3) is 0 Å². The molecule has 0 fully saturated rings. The summed E-state index contributed by atoms with van der Waals surface area (Å²) >= 11 is 5.31. The number of aryl methyl sites for hydroxylation is 1. The maximum Gasteiger partial charge on any atom is 0.344 e. The van der Waals surface area contributed by atoms with Gasteiger partial charge in [-0.3, -0.25) is 4.79 Å². The van der Waals surface area contributed by atoms with E-state index in [2.05, 4.69) is 10.6 Å². The second-order valence-electron chi connectivity index (χ2n) is 7.18. The normalized spacial score (nSPS) is 10.6. The number of carbonyl (C=O) groups is 1. The Morgan fingerprint density at radius 1 is 0.968 bits per heavy atom. The smallest absolute Gasteiger partial charge is 0.344 e. The fourth-order valence-corrected chi connectivity index (χ4v) is 3.52. The van der Waals surface area contributed by atoms with Crippen LogP contribution >= 0.6 is 12.2 Å². The second-order valence-corrected chi connectivity index (χ2v) is 7.59. The van der Waals surface area contributed by atoms with Gasteiger partial charge in [0.05, 0.1) is 12.0 Å². The Morgan fingerprint density at radius 3 is 2.52 bits per heavy atom. The quantitative estimate of drug-likeness (QED) is 0.360. The Labute approximate surface area is 184 Å². The van der Waals surface area contributed by atoms with Crippen LogP contribution in [-0.4, -0.2) is 11.0 Å². The zero-order valence-corrected chi connectivity index (χ0v) is 17.7. The van der Waals surface area contributed by atoms with Crippen LogP contribution in [0.3, 0.4) is 0 Å². The third kappa shape index (κ3) is 4.87. The fourth-order valence-electron chi connectivity index (χ4n) is 3.29. The van der Waals surface area contributed by atoms with Crippen molar-refractivity contribution in [2.45, 2.75) is 13.3 Å². The predicted molar refractivity (Wildman–Crippen MR) is 127 cm³/mol. The molecule has 1 amide bonds. The molecule has 0 aliphatic heterocycles. The molecule has 0 saturated carbocycles. The van der Waals surface area contributed by atoms with Gasteiger partial charge in [-0.15, -0.1) is 0 Å². The molecule has 1 aromatic heterocycles. The van der Waals surface area contributed by atoms with E-state index in [1.165, 1.54) is 0 Å². The first-order valence-corrected chi connectivity index (χ1v) is 10.2. The van der Waals surface area contributed by atoms with Crippen molar-refractivity contribution in [3.05, 3.63) is 100 Å². The number of nitrogens with one attached hydrogen (secondary N) is 2. The van der Waals surface area contributed by atoms with Crippen molar-refractivity contribution < 1.29 is 9.21 Å². The number of thiocarbonyl (C=S) groups is 1. The van der Waals surface area contributed by atoms with Crippen LogP contribution in [0.4, 0.5) is 5.69 Å². The number of rotatable bonds is 4. The third-order valence-electron chi connectivity index (χ3n) is 4.90. The molecule has 154 valence electrons. The Morgan fingerprint density at radius 2 is 1.71 bits per heavy atom. The summed E-state index contributed by atoms with van der Waals surface area (Å²) in [6.07, 6.45) is 0.236. The van der Waals surface area contributed by atoms with Gasteiger partial charge in [0, 0.05) is 11.1 Å². The van der Waals surface area contributed by atoms with E-state index in [-0.39, 0.29) is 17.4 Å². The molecule has 4 aromatic rings. The molecule has 1 heterocycles. The lowest BCUT2D eigenvalue weighted by Crippen LogP contribution is -2.35. The Hall–Kier alpha value is -3.77. The van der Waals surface area contributed by atoms with Crippen molar-refractivity contribution in [3.63, 3.8) is 0 Å². The highest BCUT2D eigenvalue weighted by Gasteiger charge is 2.11. The van der Waals surface area contributed by atoms with E-state index in [0.717, 1.165) is 16.5 Å². The Bertz CT molecular complexity index is 1330. The minimum atomic E-state index is -0.410. The molecule has 2 N–H and O–H groups in total. The number of para-hydroxylation sites is 1. The van der Waals surface area contributed by atoms with E-state index in [1.54, 1.807) is 6.07 Å². The fraction of sp³-hybridized carbons (Fsp3) is 0.0800. The largest absolute Gasteiger partial charge is 0.422 e. The van der Waals surface area contributed by atoms with Gasteiger partial charge in [0.1, 0.15) is 5.58 Å². The molecule has 3 aromatic carbocycles. The number of hydrogen-bond donors (Lipinski definition) is 2. The standard InChI is InChI=1S/C25H20N2O3S/c1-16-11-12-18(20-14-19-9-5-6-10-22(19)30-24(20)29)15-21(16)26-25(31)27-23(28)13-17-7-3-2-4-8-17/h2-12,14-15H,13H2,1H3,(H2,26,27,28,31). The lowest BCUT2D eigenvalue weighted by atomic mass is 10.0. The predicted octanol–water partition coefficient (Wildman–Crippen LogP) is 4.82. The van der Waals surface area contributed by atoms with E-state index in [0.29, 0.717) is 22.4 Å². The highest BCUT2D eigenvalue weighted by atomic mass is 32.1. The van der Waals surface area contributed by atoms with Crippen molar-refractivity contribution in [2.75, 3.05) is 5.32 Å². The number of hydrogen-bond acceptors (Lipinski definition) is 4. The molecule has 0 aliphatic carbocycles. The van der Waals surface area contributed by atoms with E-state index >= 15 is 0 Å². The summed E-state index contributed by atoms with van der Waals surface area (Å²) in [4.78, 5) is 24.8. The van der Waals surface area contributed by atoms with Gasteiger partial charge < -0.3 is 15.1 Å². The van der Waals surface area contributed by atoms with Gasteiger partial charge in [-0.1, -0.05) is 60.7 Å². The molecule has 6 heteroatoms. The molecule has 0 unspecified atom stereocenters. The van der Waals surface area contributed by atoms with Gasteiger partial charge >= 0.3 is 5.63 Å². The van der Waals surface area contributed by atoms with Crippen LogP contribution < -0.4 is 16.3 Å². The van der Waals surface area contributed by atoms with Gasteiger partial charge in [-0.05, 0) is 54.0 Å². The minimum Gasteiger partial charge on any atom is -0.422 e. The molecule has 5 nitrogen and oxygen atoms in total. The molecule has 4 rings (SSSR count). The van der Waals surface area contributed by atoms with Crippen LogP contribution in [0.1, 0.15) is 11.1 Å². The molecule has 31 heavy (non-hydrogen) atoms. The zero-order valence-electron chi connectivity index (χ0n) is 16.8. The first kappa shape index (κ1) is 20.5. The van der Waals surface area contributed by atoms with E-state index in [4.69, 9.17) is 16.6 Å². The topological polar surface area (TPSA) is 71.3 Å². The first-order valence-electron chi connectivity index (χ1n) is 9.78. The van der Waals surface area contributed by atoms with Gasteiger partial charge in [0.2, 0.25) is 5.91 Å². The molecule has 0 spiro atoms. The summed E-state index contributed by atoms with van der Waals surface area (Å²) in [7, 11) is 0. The summed E-state index contributed by atoms with van der Waals surface area (Å²) in [6, 6.07) is 24.2. The van der Waals surface area contributed by atoms with E-state index in [1.807, 2.05) is 79.7 Å². The molecular formula is C25H20N2O3S. The minimum absolute atomic E-state index is 0.201.